The Morgan fingerprint density at radius 3 is 2.94 bits per heavy atom. The molecule has 17 heavy (non-hydrogen) atoms. The fourth-order valence-corrected chi connectivity index (χ4v) is 3.25. The summed E-state index contributed by atoms with van der Waals surface area (Å²) in [6.45, 7) is 0. The van der Waals surface area contributed by atoms with E-state index in [0.717, 1.165) is 17.9 Å². The number of rotatable bonds is 3. The molecule has 1 aliphatic rings. The van der Waals surface area contributed by atoms with Gasteiger partial charge in [-0.05, 0) is 30.4 Å². The summed E-state index contributed by atoms with van der Waals surface area (Å²) in [5.41, 5.74) is 7.06. The SMILES string of the molecule is CN(c1ccc(N)c(C(=O)O)c1)C1CCSC1. The molecule has 0 aromatic heterocycles. The van der Waals surface area contributed by atoms with Crippen LogP contribution in [0.2, 0.25) is 0 Å². The van der Waals surface area contributed by atoms with Gasteiger partial charge in [0.25, 0.3) is 0 Å². The summed E-state index contributed by atoms with van der Waals surface area (Å²) in [5.74, 6) is 1.30. The predicted molar refractivity (Wildman–Crippen MR) is 71.9 cm³/mol. The smallest absolute Gasteiger partial charge is 0.337 e. The average molecular weight is 252 g/mol. The monoisotopic (exact) mass is 252 g/mol. The number of nitrogen functional groups attached to an aromatic ring is 1. The number of thioether (sulfide) groups is 1. The number of carboxylic acids is 1. The Morgan fingerprint density at radius 1 is 1.59 bits per heavy atom. The lowest BCUT2D eigenvalue weighted by Gasteiger charge is -2.26. The van der Waals surface area contributed by atoms with Crippen molar-refractivity contribution in [2.75, 3.05) is 29.2 Å². The zero-order valence-corrected chi connectivity index (χ0v) is 10.5. The number of benzene rings is 1. The van der Waals surface area contributed by atoms with E-state index in [1.165, 1.54) is 5.75 Å². The molecule has 1 heterocycles. The van der Waals surface area contributed by atoms with Crippen LogP contribution in [0.25, 0.3) is 0 Å². The van der Waals surface area contributed by atoms with Gasteiger partial charge >= 0.3 is 5.97 Å². The Hall–Kier alpha value is -1.36. The Morgan fingerprint density at radius 2 is 2.35 bits per heavy atom. The van der Waals surface area contributed by atoms with Gasteiger partial charge in [-0.1, -0.05) is 0 Å². The molecule has 0 saturated carbocycles. The van der Waals surface area contributed by atoms with Crippen LogP contribution in [0.1, 0.15) is 16.8 Å². The number of aromatic carboxylic acids is 1. The maximum Gasteiger partial charge on any atom is 0.337 e. The minimum absolute atomic E-state index is 0.181. The lowest BCUT2D eigenvalue weighted by atomic mass is 10.1. The second-order valence-corrected chi connectivity index (χ2v) is 5.35. The van der Waals surface area contributed by atoms with Crippen LogP contribution in [0.4, 0.5) is 11.4 Å². The molecule has 2 rings (SSSR count). The molecule has 1 saturated heterocycles. The molecule has 1 unspecified atom stereocenters. The van der Waals surface area contributed by atoms with Crippen LogP contribution in [-0.2, 0) is 0 Å². The molecule has 0 bridgehead atoms. The third-order valence-electron chi connectivity index (χ3n) is 3.13. The molecular weight excluding hydrogens is 236 g/mol. The molecule has 4 nitrogen and oxygen atoms in total. The highest BCUT2D eigenvalue weighted by atomic mass is 32.2. The van der Waals surface area contributed by atoms with Crippen molar-refractivity contribution in [1.29, 1.82) is 0 Å². The van der Waals surface area contributed by atoms with Crippen LogP contribution in [0.15, 0.2) is 18.2 Å². The molecule has 0 spiro atoms. The third kappa shape index (κ3) is 2.49. The van der Waals surface area contributed by atoms with E-state index in [1.807, 2.05) is 24.9 Å². The van der Waals surface area contributed by atoms with E-state index in [0.29, 0.717) is 11.7 Å². The van der Waals surface area contributed by atoms with E-state index in [-0.39, 0.29) is 5.56 Å². The number of hydrogen-bond acceptors (Lipinski definition) is 4. The first-order valence-electron chi connectivity index (χ1n) is 5.53. The first-order valence-corrected chi connectivity index (χ1v) is 6.68. The summed E-state index contributed by atoms with van der Waals surface area (Å²) >= 11 is 1.94. The van der Waals surface area contributed by atoms with Gasteiger partial charge in [0.2, 0.25) is 0 Å². The predicted octanol–water partition coefficient (Wildman–Crippen LogP) is 1.91. The molecule has 1 aromatic rings. The van der Waals surface area contributed by atoms with Crippen LogP contribution in [0, 0.1) is 0 Å². The lowest BCUT2D eigenvalue weighted by molar-refractivity contribution is 0.0698. The van der Waals surface area contributed by atoms with Gasteiger partial charge in [-0.3, -0.25) is 0 Å². The van der Waals surface area contributed by atoms with Crippen LogP contribution in [-0.4, -0.2) is 35.7 Å². The maximum atomic E-state index is 11.0. The summed E-state index contributed by atoms with van der Waals surface area (Å²) in [4.78, 5) is 13.2. The van der Waals surface area contributed by atoms with Crippen LogP contribution in [0.5, 0.6) is 0 Å². The van der Waals surface area contributed by atoms with Crippen molar-refractivity contribution in [3.05, 3.63) is 23.8 Å². The summed E-state index contributed by atoms with van der Waals surface area (Å²) < 4.78 is 0. The number of anilines is 2. The Balaban J connectivity index is 2.26. The standard InChI is InChI=1S/C12H16N2O2S/c1-14(9-4-5-17-7-9)8-2-3-11(13)10(6-8)12(15)16/h2-3,6,9H,4-5,7,13H2,1H3,(H,15,16). The van der Waals surface area contributed by atoms with Gasteiger partial charge in [0.1, 0.15) is 0 Å². The Kier molecular flexibility index (Phi) is 3.47. The van der Waals surface area contributed by atoms with Gasteiger partial charge in [-0.15, -0.1) is 0 Å². The molecule has 1 atom stereocenters. The van der Waals surface area contributed by atoms with Gasteiger partial charge < -0.3 is 15.7 Å². The van der Waals surface area contributed by atoms with Crippen molar-refractivity contribution >= 4 is 29.1 Å². The zero-order chi connectivity index (χ0) is 12.4. The fourth-order valence-electron chi connectivity index (χ4n) is 1.99. The van der Waals surface area contributed by atoms with Crippen LogP contribution >= 0.6 is 11.8 Å². The molecule has 1 aliphatic heterocycles. The molecule has 0 aliphatic carbocycles. The molecule has 92 valence electrons. The molecule has 0 radical (unpaired) electrons. The van der Waals surface area contributed by atoms with Gasteiger partial charge in [0.15, 0.2) is 0 Å². The number of carbonyl (C=O) groups is 1. The fraction of sp³-hybridized carbons (Fsp3) is 0.417. The van der Waals surface area contributed by atoms with Gasteiger partial charge in [0.05, 0.1) is 5.56 Å². The second-order valence-electron chi connectivity index (χ2n) is 4.21. The Bertz CT molecular complexity index is 431. The van der Waals surface area contributed by atoms with Crippen LogP contribution in [0.3, 0.4) is 0 Å². The number of nitrogens with zero attached hydrogens (tertiary/aromatic N) is 1. The van der Waals surface area contributed by atoms with E-state index in [4.69, 9.17) is 10.8 Å². The van der Waals surface area contributed by atoms with E-state index >= 15 is 0 Å². The zero-order valence-electron chi connectivity index (χ0n) is 9.72. The average Bonchev–Trinajstić information content (AvgIpc) is 2.81. The highest BCUT2D eigenvalue weighted by molar-refractivity contribution is 7.99. The summed E-state index contributed by atoms with van der Waals surface area (Å²) in [5, 5.41) is 9.03. The van der Waals surface area contributed by atoms with Crippen LogP contribution < -0.4 is 10.6 Å². The van der Waals surface area contributed by atoms with E-state index < -0.39 is 5.97 Å². The minimum atomic E-state index is -0.974. The number of nitrogens with two attached hydrogens (primary N) is 1. The third-order valence-corrected chi connectivity index (χ3v) is 4.27. The molecule has 3 N–H and O–H groups in total. The quantitative estimate of drug-likeness (QED) is 0.804. The minimum Gasteiger partial charge on any atom is -0.478 e. The highest BCUT2D eigenvalue weighted by Gasteiger charge is 2.21. The lowest BCUT2D eigenvalue weighted by Crippen LogP contribution is -2.31. The molecule has 5 heteroatoms. The summed E-state index contributed by atoms with van der Waals surface area (Å²) in [6, 6.07) is 5.69. The molecule has 0 amide bonds. The number of carboxylic acid groups (broad SMARTS) is 1. The normalized spacial score (nSPS) is 19.2. The molecular formula is C12H16N2O2S. The van der Waals surface area contributed by atoms with Gasteiger partial charge in [0, 0.05) is 30.2 Å². The summed E-state index contributed by atoms with van der Waals surface area (Å²) in [7, 11) is 2.01. The second kappa shape index (κ2) is 4.87. The van der Waals surface area contributed by atoms with Crippen molar-refractivity contribution in [2.45, 2.75) is 12.5 Å². The topological polar surface area (TPSA) is 66.6 Å². The van der Waals surface area contributed by atoms with Gasteiger partial charge in [-0.2, -0.15) is 11.8 Å². The highest BCUT2D eigenvalue weighted by Crippen LogP contribution is 2.27. The summed E-state index contributed by atoms with van der Waals surface area (Å²) in [6.07, 6.45) is 1.15. The first-order chi connectivity index (χ1) is 8.09. The first kappa shape index (κ1) is 12.1. The van der Waals surface area contributed by atoms with Crippen molar-refractivity contribution in [3.63, 3.8) is 0 Å². The van der Waals surface area contributed by atoms with Crippen molar-refractivity contribution in [2.24, 2.45) is 0 Å². The Labute approximate surface area is 105 Å². The maximum absolute atomic E-state index is 11.0. The van der Waals surface area contributed by atoms with E-state index in [2.05, 4.69) is 4.90 Å². The van der Waals surface area contributed by atoms with E-state index in [9.17, 15) is 4.79 Å². The van der Waals surface area contributed by atoms with Crippen molar-refractivity contribution in [3.8, 4) is 0 Å². The van der Waals surface area contributed by atoms with E-state index in [1.54, 1.807) is 12.1 Å². The van der Waals surface area contributed by atoms with Crippen molar-refractivity contribution in [1.82, 2.24) is 0 Å². The molecule has 1 fully saturated rings. The van der Waals surface area contributed by atoms with Gasteiger partial charge in [-0.25, -0.2) is 4.79 Å². The van der Waals surface area contributed by atoms with Crippen molar-refractivity contribution < 1.29 is 9.90 Å². The number of hydrogen-bond donors (Lipinski definition) is 2. The molecule has 1 aromatic carbocycles. The largest absolute Gasteiger partial charge is 0.478 e.